The zero-order valence-electron chi connectivity index (χ0n) is 9.40. The molecule has 0 aliphatic carbocycles. The zero-order chi connectivity index (χ0) is 12.8. The van der Waals surface area contributed by atoms with E-state index in [0.29, 0.717) is 5.56 Å². The van der Waals surface area contributed by atoms with Gasteiger partial charge in [0.05, 0.1) is 7.11 Å². The number of rotatable bonds is 3. The molecule has 90 valence electrons. The van der Waals surface area contributed by atoms with Crippen LogP contribution >= 0.6 is 15.9 Å². The lowest BCUT2D eigenvalue weighted by molar-refractivity contribution is -0.148. The van der Waals surface area contributed by atoms with Crippen molar-refractivity contribution < 1.29 is 19.1 Å². The van der Waals surface area contributed by atoms with Gasteiger partial charge in [0.25, 0.3) is 0 Å². The fourth-order valence-electron chi connectivity index (χ4n) is 1.12. The summed E-state index contributed by atoms with van der Waals surface area (Å²) in [5.74, 6) is -1.42. The molecular formula is C12H11BrO4. The van der Waals surface area contributed by atoms with Crippen molar-refractivity contribution in [3.8, 4) is 0 Å². The maximum absolute atomic E-state index is 11.4. The van der Waals surface area contributed by atoms with Crippen LogP contribution in [0.4, 0.5) is 0 Å². The summed E-state index contributed by atoms with van der Waals surface area (Å²) in [4.78, 5) is 22.2. The molecule has 0 saturated carbocycles. The van der Waals surface area contributed by atoms with Crippen molar-refractivity contribution >= 4 is 33.9 Å². The summed E-state index contributed by atoms with van der Waals surface area (Å²) in [7, 11) is 1.22. The Morgan fingerprint density at radius 2 is 1.94 bits per heavy atom. The van der Waals surface area contributed by atoms with E-state index in [1.165, 1.54) is 20.1 Å². The average molecular weight is 299 g/mol. The molecule has 0 bridgehead atoms. The van der Waals surface area contributed by atoms with Crippen molar-refractivity contribution in [2.24, 2.45) is 0 Å². The Morgan fingerprint density at radius 3 is 2.47 bits per heavy atom. The lowest BCUT2D eigenvalue weighted by Crippen LogP contribution is -2.11. The van der Waals surface area contributed by atoms with E-state index in [2.05, 4.69) is 20.7 Å². The molecule has 1 aromatic carbocycles. The first-order chi connectivity index (χ1) is 8.04. The highest BCUT2D eigenvalue weighted by Gasteiger charge is 2.14. The minimum absolute atomic E-state index is 0.146. The van der Waals surface area contributed by atoms with E-state index in [-0.39, 0.29) is 5.76 Å². The van der Waals surface area contributed by atoms with Gasteiger partial charge in [-0.05, 0) is 17.7 Å². The highest BCUT2D eigenvalue weighted by molar-refractivity contribution is 9.10. The van der Waals surface area contributed by atoms with Crippen molar-refractivity contribution in [3.63, 3.8) is 0 Å². The maximum atomic E-state index is 11.4. The first kappa shape index (κ1) is 13.4. The molecule has 17 heavy (non-hydrogen) atoms. The fourth-order valence-corrected chi connectivity index (χ4v) is 1.52. The van der Waals surface area contributed by atoms with Crippen LogP contribution in [0.2, 0.25) is 0 Å². The molecule has 0 aliphatic heterocycles. The van der Waals surface area contributed by atoms with Crippen molar-refractivity contribution in [1.29, 1.82) is 0 Å². The van der Waals surface area contributed by atoms with Crippen LogP contribution in [0.1, 0.15) is 12.5 Å². The van der Waals surface area contributed by atoms with Gasteiger partial charge in [-0.25, -0.2) is 4.79 Å². The van der Waals surface area contributed by atoms with E-state index in [0.717, 1.165) is 4.47 Å². The average Bonchev–Trinajstić information content (AvgIpc) is 2.29. The third-order valence-electron chi connectivity index (χ3n) is 1.83. The first-order valence-corrected chi connectivity index (χ1v) is 5.57. The van der Waals surface area contributed by atoms with Gasteiger partial charge >= 0.3 is 11.9 Å². The van der Waals surface area contributed by atoms with Gasteiger partial charge in [0.2, 0.25) is 5.76 Å². The number of benzene rings is 1. The van der Waals surface area contributed by atoms with E-state index in [9.17, 15) is 9.59 Å². The van der Waals surface area contributed by atoms with E-state index < -0.39 is 11.9 Å². The smallest absolute Gasteiger partial charge is 0.374 e. The predicted octanol–water partition coefficient (Wildman–Crippen LogP) is 2.53. The molecule has 4 nitrogen and oxygen atoms in total. The van der Waals surface area contributed by atoms with E-state index in [1.807, 2.05) is 12.1 Å². The third-order valence-corrected chi connectivity index (χ3v) is 2.55. The van der Waals surface area contributed by atoms with Crippen LogP contribution in [0.25, 0.3) is 6.08 Å². The molecule has 0 radical (unpaired) electrons. The molecule has 1 aromatic rings. The van der Waals surface area contributed by atoms with Gasteiger partial charge in [0.15, 0.2) is 0 Å². The third kappa shape index (κ3) is 4.03. The van der Waals surface area contributed by atoms with E-state index in [1.54, 1.807) is 12.1 Å². The number of methoxy groups -OCH3 is 1. The number of hydrogen-bond donors (Lipinski definition) is 0. The first-order valence-electron chi connectivity index (χ1n) is 4.77. The molecule has 0 atom stereocenters. The zero-order valence-corrected chi connectivity index (χ0v) is 11.0. The molecule has 0 spiro atoms. The maximum Gasteiger partial charge on any atom is 0.374 e. The second-order valence-electron chi connectivity index (χ2n) is 3.12. The molecule has 0 amide bonds. The molecule has 0 saturated heterocycles. The highest BCUT2D eigenvalue weighted by Crippen LogP contribution is 2.19. The van der Waals surface area contributed by atoms with Crippen LogP contribution in [0.15, 0.2) is 34.5 Å². The van der Waals surface area contributed by atoms with Gasteiger partial charge in [-0.3, -0.25) is 4.79 Å². The monoisotopic (exact) mass is 298 g/mol. The molecule has 0 aromatic heterocycles. The van der Waals surface area contributed by atoms with Gasteiger partial charge in [0.1, 0.15) is 0 Å². The summed E-state index contributed by atoms with van der Waals surface area (Å²) in [5, 5.41) is 0. The largest absolute Gasteiger partial charge is 0.463 e. The van der Waals surface area contributed by atoms with Crippen molar-refractivity contribution in [3.05, 3.63) is 40.1 Å². The SMILES string of the molecule is COC(=O)/C(=C/c1ccccc1Br)OC(C)=O. The summed E-state index contributed by atoms with van der Waals surface area (Å²) in [6.07, 6.45) is 1.44. The summed E-state index contributed by atoms with van der Waals surface area (Å²) < 4.78 is 10.1. The topological polar surface area (TPSA) is 52.6 Å². The molecule has 0 unspecified atom stereocenters. The number of carbonyl (C=O) groups excluding carboxylic acids is 2. The quantitative estimate of drug-likeness (QED) is 0.489. The Kier molecular flexibility index (Phi) is 4.90. The standard InChI is InChI=1S/C12H11BrO4/c1-8(14)17-11(12(15)16-2)7-9-5-3-4-6-10(9)13/h3-7H,1-2H3/b11-7-. The highest BCUT2D eigenvalue weighted by atomic mass is 79.9. The second kappa shape index (κ2) is 6.20. The molecule has 0 N–H and O–H groups in total. The second-order valence-corrected chi connectivity index (χ2v) is 3.97. The molecule has 0 fully saturated rings. The van der Waals surface area contributed by atoms with E-state index in [4.69, 9.17) is 4.74 Å². The van der Waals surface area contributed by atoms with Crippen LogP contribution in [-0.2, 0) is 19.1 Å². The lowest BCUT2D eigenvalue weighted by Gasteiger charge is -2.05. The lowest BCUT2D eigenvalue weighted by atomic mass is 10.2. The number of carbonyl (C=O) groups is 2. The summed E-state index contributed by atoms with van der Waals surface area (Å²) in [6.45, 7) is 1.22. The Morgan fingerprint density at radius 1 is 1.29 bits per heavy atom. The van der Waals surface area contributed by atoms with Crippen molar-refractivity contribution in [2.75, 3.05) is 7.11 Å². The molecule has 1 rings (SSSR count). The number of esters is 2. The van der Waals surface area contributed by atoms with Crippen molar-refractivity contribution in [1.82, 2.24) is 0 Å². The predicted molar refractivity (Wildman–Crippen MR) is 65.9 cm³/mol. The van der Waals surface area contributed by atoms with E-state index >= 15 is 0 Å². The van der Waals surface area contributed by atoms with Gasteiger partial charge < -0.3 is 9.47 Å². The Bertz CT molecular complexity index is 465. The minimum atomic E-state index is -0.698. The van der Waals surface area contributed by atoms with Gasteiger partial charge in [0, 0.05) is 11.4 Å². The normalized spacial score (nSPS) is 10.9. The Hall–Kier alpha value is -1.62. The van der Waals surface area contributed by atoms with Crippen LogP contribution in [0.3, 0.4) is 0 Å². The van der Waals surface area contributed by atoms with Gasteiger partial charge in [-0.15, -0.1) is 0 Å². The number of ether oxygens (including phenoxy) is 2. The van der Waals surface area contributed by atoms with Crippen LogP contribution < -0.4 is 0 Å². The number of hydrogen-bond acceptors (Lipinski definition) is 4. The summed E-state index contributed by atoms with van der Waals surface area (Å²) >= 11 is 3.32. The Balaban J connectivity index is 3.09. The number of halogens is 1. The van der Waals surface area contributed by atoms with Crippen LogP contribution in [0.5, 0.6) is 0 Å². The Labute approximate surface area is 107 Å². The summed E-state index contributed by atoms with van der Waals surface area (Å²) in [5.41, 5.74) is 0.717. The molecule has 0 heterocycles. The van der Waals surface area contributed by atoms with Gasteiger partial charge in [-0.2, -0.15) is 0 Å². The van der Waals surface area contributed by atoms with Crippen molar-refractivity contribution in [2.45, 2.75) is 6.92 Å². The van der Waals surface area contributed by atoms with Gasteiger partial charge in [-0.1, -0.05) is 34.1 Å². The molecule has 5 heteroatoms. The van der Waals surface area contributed by atoms with Crippen LogP contribution in [0, 0.1) is 0 Å². The van der Waals surface area contributed by atoms with Crippen LogP contribution in [-0.4, -0.2) is 19.0 Å². The molecular weight excluding hydrogens is 288 g/mol. The fraction of sp³-hybridized carbons (Fsp3) is 0.167. The summed E-state index contributed by atoms with van der Waals surface area (Å²) in [6, 6.07) is 7.23. The molecule has 0 aliphatic rings. The minimum Gasteiger partial charge on any atom is -0.463 e.